The number of pyridine rings is 1. The predicted octanol–water partition coefficient (Wildman–Crippen LogP) is 1.59. The number of aryl methyl sites for hydroxylation is 1. The van der Waals surface area contributed by atoms with Crippen LogP contribution in [0.4, 0.5) is 10.1 Å². The topological polar surface area (TPSA) is 85.1 Å². The summed E-state index contributed by atoms with van der Waals surface area (Å²) in [6, 6.07) is 5.81. The third-order valence-corrected chi connectivity index (χ3v) is 4.14. The third kappa shape index (κ3) is 3.12. The van der Waals surface area contributed by atoms with E-state index in [9.17, 15) is 12.8 Å². The average Bonchev–Trinajstić information content (AvgIpc) is 2.43. The molecule has 106 valence electrons. The lowest BCUT2D eigenvalue weighted by Crippen LogP contribution is -2.23. The second-order valence-corrected chi connectivity index (χ2v) is 6.10. The van der Waals surface area contributed by atoms with Gasteiger partial charge in [-0.3, -0.25) is 4.98 Å². The van der Waals surface area contributed by atoms with Crippen LogP contribution < -0.4 is 10.5 Å². The van der Waals surface area contributed by atoms with Gasteiger partial charge in [0.15, 0.2) is 0 Å². The Kier molecular flexibility index (Phi) is 4.01. The molecule has 0 radical (unpaired) electrons. The highest BCUT2D eigenvalue weighted by Crippen LogP contribution is 2.20. The van der Waals surface area contributed by atoms with Crippen LogP contribution >= 0.6 is 0 Å². The fraction of sp³-hybridized carbons (Fsp3) is 0.154. The summed E-state index contributed by atoms with van der Waals surface area (Å²) in [6.07, 6.45) is 3.16. The van der Waals surface area contributed by atoms with E-state index in [1.54, 1.807) is 24.5 Å². The number of hydrogen-bond donors (Lipinski definition) is 2. The first kappa shape index (κ1) is 14.4. The van der Waals surface area contributed by atoms with Crippen LogP contribution in [-0.4, -0.2) is 13.4 Å². The van der Waals surface area contributed by atoms with Crippen LogP contribution in [0, 0.1) is 12.7 Å². The first-order valence-corrected chi connectivity index (χ1v) is 7.32. The Balaban J connectivity index is 2.23. The molecule has 3 N–H and O–H groups in total. The van der Waals surface area contributed by atoms with Gasteiger partial charge in [-0.25, -0.2) is 17.5 Å². The monoisotopic (exact) mass is 295 g/mol. The maximum absolute atomic E-state index is 13.4. The van der Waals surface area contributed by atoms with E-state index in [1.807, 2.05) is 0 Å². The van der Waals surface area contributed by atoms with Crippen molar-refractivity contribution in [3.05, 3.63) is 53.6 Å². The Hall–Kier alpha value is -1.99. The van der Waals surface area contributed by atoms with E-state index in [2.05, 4.69) is 9.71 Å². The number of halogens is 1. The molecule has 0 saturated carbocycles. The summed E-state index contributed by atoms with van der Waals surface area (Å²) in [5.41, 5.74) is 6.17. The molecule has 2 rings (SSSR count). The molecule has 1 aromatic heterocycles. The van der Waals surface area contributed by atoms with Crippen molar-refractivity contribution in [3.8, 4) is 0 Å². The molecule has 7 heteroatoms. The zero-order valence-electron chi connectivity index (χ0n) is 10.8. The highest BCUT2D eigenvalue weighted by atomic mass is 32.2. The Morgan fingerprint density at radius 2 is 2.15 bits per heavy atom. The molecule has 0 spiro atoms. The Bertz CT molecular complexity index is 695. The molecular formula is C13H14FN3O2S. The number of sulfonamides is 1. The molecule has 0 unspecified atom stereocenters. The molecule has 0 saturated heterocycles. The number of nitrogens with two attached hydrogens (primary N) is 1. The fourth-order valence-corrected chi connectivity index (χ4v) is 2.82. The maximum atomic E-state index is 13.4. The van der Waals surface area contributed by atoms with Crippen molar-refractivity contribution >= 4 is 15.7 Å². The summed E-state index contributed by atoms with van der Waals surface area (Å²) in [5, 5.41) is 0. The standard InChI is InChI=1S/C13H14FN3O2S/c1-9-5-11(6-12(15)13(9)14)20(18,19)17-8-10-3-2-4-16-7-10/h2-7,17H,8,15H2,1H3. The van der Waals surface area contributed by atoms with Crippen LogP contribution in [0.5, 0.6) is 0 Å². The summed E-state index contributed by atoms with van der Waals surface area (Å²) >= 11 is 0. The number of aromatic nitrogens is 1. The van der Waals surface area contributed by atoms with Gasteiger partial charge in [-0.1, -0.05) is 6.07 Å². The van der Waals surface area contributed by atoms with Crippen LogP contribution in [0.1, 0.15) is 11.1 Å². The first-order chi connectivity index (χ1) is 9.40. The van der Waals surface area contributed by atoms with Crippen molar-refractivity contribution in [2.24, 2.45) is 0 Å². The molecule has 0 amide bonds. The molecule has 1 aromatic carbocycles. The van der Waals surface area contributed by atoms with Crippen molar-refractivity contribution in [2.75, 3.05) is 5.73 Å². The van der Waals surface area contributed by atoms with Gasteiger partial charge in [0.2, 0.25) is 10.0 Å². The first-order valence-electron chi connectivity index (χ1n) is 5.84. The molecule has 0 atom stereocenters. The third-order valence-electron chi connectivity index (χ3n) is 2.76. The summed E-state index contributed by atoms with van der Waals surface area (Å²) in [5.74, 6) is -0.601. The number of benzene rings is 1. The van der Waals surface area contributed by atoms with E-state index < -0.39 is 15.8 Å². The molecule has 0 aliphatic rings. The minimum Gasteiger partial charge on any atom is -0.396 e. The van der Waals surface area contributed by atoms with E-state index in [1.165, 1.54) is 13.0 Å². The second kappa shape index (κ2) is 5.56. The molecule has 5 nitrogen and oxygen atoms in total. The summed E-state index contributed by atoms with van der Waals surface area (Å²) in [6.45, 7) is 1.57. The minimum absolute atomic E-state index is 0.0576. The molecule has 2 aromatic rings. The normalized spacial score (nSPS) is 11.5. The highest BCUT2D eigenvalue weighted by Gasteiger charge is 2.17. The molecule has 0 aliphatic carbocycles. The van der Waals surface area contributed by atoms with E-state index in [0.717, 1.165) is 11.6 Å². The lowest BCUT2D eigenvalue weighted by Gasteiger charge is -2.09. The van der Waals surface area contributed by atoms with Crippen molar-refractivity contribution in [1.29, 1.82) is 0 Å². The number of hydrogen-bond acceptors (Lipinski definition) is 4. The fourth-order valence-electron chi connectivity index (χ4n) is 1.68. The molecular weight excluding hydrogens is 281 g/mol. The van der Waals surface area contributed by atoms with E-state index in [-0.39, 0.29) is 22.7 Å². The lowest BCUT2D eigenvalue weighted by molar-refractivity contribution is 0.580. The van der Waals surface area contributed by atoms with Gasteiger partial charge in [0.05, 0.1) is 10.6 Å². The smallest absolute Gasteiger partial charge is 0.240 e. The highest BCUT2D eigenvalue weighted by molar-refractivity contribution is 7.89. The predicted molar refractivity (Wildman–Crippen MR) is 73.8 cm³/mol. The van der Waals surface area contributed by atoms with Gasteiger partial charge >= 0.3 is 0 Å². The van der Waals surface area contributed by atoms with Crippen LogP contribution in [0.2, 0.25) is 0 Å². The lowest BCUT2D eigenvalue weighted by atomic mass is 10.2. The quantitative estimate of drug-likeness (QED) is 0.839. The van der Waals surface area contributed by atoms with E-state index in [0.29, 0.717) is 0 Å². The van der Waals surface area contributed by atoms with Gasteiger partial charge in [0.1, 0.15) is 5.82 Å². The van der Waals surface area contributed by atoms with Gasteiger partial charge in [0, 0.05) is 18.9 Å². The molecule has 0 fully saturated rings. The second-order valence-electron chi connectivity index (χ2n) is 4.33. The van der Waals surface area contributed by atoms with Crippen LogP contribution in [0.15, 0.2) is 41.6 Å². The van der Waals surface area contributed by atoms with Crippen LogP contribution in [0.3, 0.4) is 0 Å². The molecule has 0 bridgehead atoms. The summed E-state index contributed by atoms with van der Waals surface area (Å²) in [7, 11) is -3.74. The number of rotatable bonds is 4. The van der Waals surface area contributed by atoms with Gasteiger partial charge < -0.3 is 5.73 Å². The van der Waals surface area contributed by atoms with Gasteiger partial charge in [-0.2, -0.15) is 0 Å². The Labute approximate surface area is 116 Å². The minimum atomic E-state index is -3.74. The molecule has 1 heterocycles. The van der Waals surface area contributed by atoms with Gasteiger partial charge in [-0.15, -0.1) is 0 Å². The zero-order chi connectivity index (χ0) is 14.8. The summed E-state index contributed by atoms with van der Waals surface area (Å²) in [4.78, 5) is 3.84. The largest absolute Gasteiger partial charge is 0.396 e. The average molecular weight is 295 g/mol. The molecule has 20 heavy (non-hydrogen) atoms. The molecule has 0 aliphatic heterocycles. The van der Waals surface area contributed by atoms with Crippen molar-refractivity contribution in [3.63, 3.8) is 0 Å². The van der Waals surface area contributed by atoms with Crippen molar-refractivity contribution in [2.45, 2.75) is 18.4 Å². The summed E-state index contributed by atoms with van der Waals surface area (Å²) < 4.78 is 40.0. The van der Waals surface area contributed by atoms with Crippen molar-refractivity contribution in [1.82, 2.24) is 9.71 Å². The van der Waals surface area contributed by atoms with Crippen LogP contribution in [0.25, 0.3) is 0 Å². The van der Waals surface area contributed by atoms with Crippen LogP contribution in [-0.2, 0) is 16.6 Å². The van der Waals surface area contributed by atoms with Crippen molar-refractivity contribution < 1.29 is 12.8 Å². The SMILES string of the molecule is Cc1cc(S(=O)(=O)NCc2cccnc2)cc(N)c1F. The number of anilines is 1. The van der Waals surface area contributed by atoms with E-state index in [4.69, 9.17) is 5.73 Å². The van der Waals surface area contributed by atoms with E-state index >= 15 is 0 Å². The number of nitrogens with zero attached hydrogens (tertiary/aromatic N) is 1. The number of nitrogens with one attached hydrogen (secondary N) is 1. The van der Waals surface area contributed by atoms with Gasteiger partial charge in [0.25, 0.3) is 0 Å². The number of nitrogen functional groups attached to an aromatic ring is 1. The van der Waals surface area contributed by atoms with Gasteiger partial charge in [-0.05, 0) is 36.2 Å². The maximum Gasteiger partial charge on any atom is 0.240 e. The zero-order valence-corrected chi connectivity index (χ0v) is 11.6. The Morgan fingerprint density at radius 1 is 1.40 bits per heavy atom. The Morgan fingerprint density at radius 3 is 2.75 bits per heavy atom.